The average Bonchev–Trinajstić information content (AvgIpc) is 3.18. The number of aromatic nitrogens is 2. The number of amides is 1. The quantitative estimate of drug-likeness (QED) is 0.452. The van der Waals surface area contributed by atoms with Gasteiger partial charge in [0.15, 0.2) is 0 Å². The molecule has 0 saturated heterocycles. The fraction of sp³-hybridized carbons (Fsp3) is 0.320. The van der Waals surface area contributed by atoms with Crippen molar-refractivity contribution in [3.8, 4) is 0 Å². The Morgan fingerprint density at radius 1 is 0.967 bits per heavy atom. The van der Waals surface area contributed by atoms with Crippen LogP contribution >= 0.6 is 11.3 Å². The van der Waals surface area contributed by atoms with Crippen molar-refractivity contribution >= 4 is 37.5 Å². The maximum Gasteiger partial charge on any atom is 0.289 e. The molecule has 5 heteroatoms. The zero-order valence-electron chi connectivity index (χ0n) is 16.9. The molecule has 1 aliphatic carbocycles. The van der Waals surface area contributed by atoms with Crippen LogP contribution in [-0.2, 0) is 6.42 Å². The van der Waals surface area contributed by atoms with Gasteiger partial charge in [0, 0.05) is 23.1 Å². The molecule has 4 nitrogen and oxygen atoms in total. The second kappa shape index (κ2) is 8.52. The van der Waals surface area contributed by atoms with Crippen molar-refractivity contribution in [1.82, 2.24) is 15.3 Å². The topological polar surface area (TPSA) is 54.9 Å². The van der Waals surface area contributed by atoms with E-state index >= 15 is 0 Å². The lowest BCUT2D eigenvalue weighted by atomic mass is 9.89. The van der Waals surface area contributed by atoms with E-state index in [9.17, 15) is 4.79 Å². The summed E-state index contributed by atoms with van der Waals surface area (Å²) in [5.41, 5.74) is 3.00. The summed E-state index contributed by atoms with van der Waals surface area (Å²) >= 11 is 1.71. The highest BCUT2D eigenvalue weighted by atomic mass is 32.1. The zero-order chi connectivity index (χ0) is 20.3. The minimum absolute atomic E-state index is 0.160. The van der Waals surface area contributed by atoms with E-state index < -0.39 is 0 Å². The van der Waals surface area contributed by atoms with Gasteiger partial charge in [-0.1, -0.05) is 67.8 Å². The highest BCUT2D eigenvalue weighted by molar-refractivity contribution is 7.25. The lowest BCUT2D eigenvalue weighted by molar-refractivity contribution is 0.0933. The highest BCUT2D eigenvalue weighted by Gasteiger charge is 2.20. The van der Waals surface area contributed by atoms with E-state index in [1.807, 2.05) is 30.3 Å². The van der Waals surface area contributed by atoms with Gasteiger partial charge in [0.25, 0.3) is 5.91 Å². The largest absolute Gasteiger partial charge is 0.349 e. The molecule has 0 radical (unpaired) electrons. The van der Waals surface area contributed by atoms with Gasteiger partial charge in [-0.25, -0.2) is 9.97 Å². The van der Waals surface area contributed by atoms with Gasteiger partial charge in [-0.15, -0.1) is 11.3 Å². The Hall–Kier alpha value is -2.79. The van der Waals surface area contributed by atoms with Crippen LogP contribution in [0.2, 0.25) is 0 Å². The molecule has 1 N–H and O–H groups in total. The molecule has 1 aliphatic rings. The van der Waals surface area contributed by atoms with Crippen LogP contribution in [0.3, 0.4) is 0 Å². The third kappa shape index (κ3) is 3.94. The molecule has 0 bridgehead atoms. The highest BCUT2D eigenvalue weighted by Crippen LogP contribution is 2.34. The SMILES string of the molecule is O=C(NCC1CCCCC1)c1nc(Cc2ccccc2)c2sc3ccccc3c2n1. The molecule has 0 spiro atoms. The molecule has 0 aliphatic heterocycles. The first-order valence-electron chi connectivity index (χ1n) is 10.8. The molecule has 2 aromatic heterocycles. The van der Waals surface area contributed by atoms with E-state index in [0.29, 0.717) is 12.3 Å². The van der Waals surface area contributed by atoms with Crippen LogP contribution in [0.15, 0.2) is 54.6 Å². The summed E-state index contributed by atoms with van der Waals surface area (Å²) in [4.78, 5) is 22.4. The number of rotatable bonds is 5. The van der Waals surface area contributed by atoms with Gasteiger partial charge in [-0.3, -0.25) is 4.79 Å². The standard InChI is InChI=1S/C25H25N3OS/c29-25(26-16-18-11-5-2-6-12-18)24-27-20(15-17-9-3-1-4-10-17)23-22(28-24)19-13-7-8-14-21(19)30-23/h1,3-4,7-10,13-14,18H,2,5-6,11-12,15-16H2,(H,26,29). The number of hydrogen-bond donors (Lipinski definition) is 1. The lowest BCUT2D eigenvalue weighted by Gasteiger charge is -2.21. The number of nitrogens with zero attached hydrogens (tertiary/aromatic N) is 2. The van der Waals surface area contributed by atoms with Crippen LogP contribution in [0.1, 0.15) is 54.0 Å². The Balaban J connectivity index is 1.51. The van der Waals surface area contributed by atoms with E-state index in [-0.39, 0.29) is 11.7 Å². The van der Waals surface area contributed by atoms with Crippen LogP contribution in [-0.4, -0.2) is 22.4 Å². The number of hydrogen-bond acceptors (Lipinski definition) is 4. The number of carbonyl (C=O) groups is 1. The summed E-state index contributed by atoms with van der Waals surface area (Å²) in [7, 11) is 0. The molecule has 2 aromatic carbocycles. The van der Waals surface area contributed by atoms with Crippen molar-refractivity contribution in [1.29, 1.82) is 0 Å². The smallest absolute Gasteiger partial charge is 0.289 e. The average molecular weight is 416 g/mol. The Morgan fingerprint density at radius 3 is 2.57 bits per heavy atom. The van der Waals surface area contributed by atoms with Crippen molar-refractivity contribution in [2.24, 2.45) is 5.92 Å². The number of thiophene rings is 1. The first-order valence-corrected chi connectivity index (χ1v) is 11.6. The Labute approximate surface area is 180 Å². The fourth-order valence-corrected chi connectivity index (χ4v) is 5.49. The fourth-order valence-electron chi connectivity index (χ4n) is 4.37. The molecular weight excluding hydrogens is 390 g/mol. The number of nitrogens with one attached hydrogen (secondary N) is 1. The van der Waals surface area contributed by atoms with E-state index in [1.54, 1.807) is 11.3 Å². The van der Waals surface area contributed by atoms with Gasteiger partial charge in [-0.05, 0) is 30.4 Å². The third-order valence-electron chi connectivity index (χ3n) is 5.98. The maximum absolute atomic E-state index is 13.0. The molecule has 5 rings (SSSR count). The molecule has 30 heavy (non-hydrogen) atoms. The van der Waals surface area contributed by atoms with Gasteiger partial charge in [0.1, 0.15) is 0 Å². The first-order chi connectivity index (χ1) is 14.8. The molecule has 0 unspecified atom stereocenters. The van der Waals surface area contributed by atoms with Crippen molar-refractivity contribution < 1.29 is 4.79 Å². The molecule has 0 atom stereocenters. The van der Waals surface area contributed by atoms with E-state index in [4.69, 9.17) is 9.97 Å². The van der Waals surface area contributed by atoms with Gasteiger partial charge < -0.3 is 5.32 Å². The minimum atomic E-state index is -0.160. The van der Waals surface area contributed by atoms with Crippen molar-refractivity contribution in [3.63, 3.8) is 0 Å². The molecule has 1 amide bonds. The van der Waals surface area contributed by atoms with Crippen LogP contribution in [0, 0.1) is 5.92 Å². The summed E-state index contributed by atoms with van der Waals surface area (Å²) in [6.07, 6.45) is 6.95. The Kier molecular flexibility index (Phi) is 5.45. The Bertz CT molecular complexity index is 1180. The van der Waals surface area contributed by atoms with E-state index in [1.165, 1.54) is 42.4 Å². The van der Waals surface area contributed by atoms with Crippen molar-refractivity contribution in [3.05, 3.63) is 71.7 Å². The Morgan fingerprint density at radius 2 is 1.73 bits per heavy atom. The van der Waals surface area contributed by atoms with Crippen molar-refractivity contribution in [2.45, 2.75) is 38.5 Å². The monoisotopic (exact) mass is 415 g/mol. The molecule has 1 fully saturated rings. The molecular formula is C25H25N3OS. The summed E-state index contributed by atoms with van der Waals surface area (Å²) in [5.74, 6) is 0.706. The third-order valence-corrected chi connectivity index (χ3v) is 7.19. The number of carbonyl (C=O) groups excluding carboxylic acids is 1. The second-order valence-electron chi connectivity index (χ2n) is 8.15. The summed E-state index contributed by atoms with van der Waals surface area (Å²) in [5, 5.41) is 4.20. The molecule has 1 saturated carbocycles. The van der Waals surface area contributed by atoms with Crippen LogP contribution in [0.4, 0.5) is 0 Å². The number of fused-ring (bicyclic) bond motifs is 3. The first kappa shape index (κ1) is 19.2. The molecule has 4 aromatic rings. The molecule has 2 heterocycles. The minimum Gasteiger partial charge on any atom is -0.349 e. The lowest BCUT2D eigenvalue weighted by Crippen LogP contribution is -2.31. The van der Waals surface area contributed by atoms with E-state index in [0.717, 1.165) is 27.8 Å². The number of benzene rings is 2. The van der Waals surface area contributed by atoms with Crippen LogP contribution in [0.25, 0.3) is 20.3 Å². The van der Waals surface area contributed by atoms with Gasteiger partial charge in [0.2, 0.25) is 5.82 Å². The normalized spacial score (nSPS) is 14.9. The van der Waals surface area contributed by atoms with Gasteiger partial charge >= 0.3 is 0 Å². The van der Waals surface area contributed by atoms with Crippen molar-refractivity contribution in [2.75, 3.05) is 6.54 Å². The molecule has 152 valence electrons. The van der Waals surface area contributed by atoms with Gasteiger partial charge in [0.05, 0.1) is 15.9 Å². The summed E-state index contributed by atoms with van der Waals surface area (Å²) in [6.45, 7) is 0.721. The van der Waals surface area contributed by atoms with Crippen LogP contribution in [0.5, 0.6) is 0 Å². The summed E-state index contributed by atoms with van der Waals surface area (Å²) in [6, 6.07) is 18.5. The second-order valence-corrected chi connectivity index (χ2v) is 9.20. The summed E-state index contributed by atoms with van der Waals surface area (Å²) < 4.78 is 2.25. The van der Waals surface area contributed by atoms with Crippen LogP contribution < -0.4 is 5.32 Å². The van der Waals surface area contributed by atoms with Gasteiger partial charge in [-0.2, -0.15) is 0 Å². The van der Waals surface area contributed by atoms with E-state index in [2.05, 4.69) is 29.6 Å². The zero-order valence-corrected chi connectivity index (χ0v) is 17.8. The predicted octanol–water partition coefficient (Wildman–Crippen LogP) is 5.75. The maximum atomic E-state index is 13.0. The predicted molar refractivity (Wildman–Crippen MR) is 123 cm³/mol.